The normalized spacial score (nSPS) is 20.9. The second-order valence-corrected chi connectivity index (χ2v) is 12.1. The van der Waals surface area contributed by atoms with Crippen LogP contribution in [0.3, 0.4) is 0 Å². The summed E-state index contributed by atoms with van der Waals surface area (Å²) in [5.41, 5.74) is -5.16. The second kappa shape index (κ2) is 15.7. The highest BCUT2D eigenvalue weighted by Crippen LogP contribution is 2.54. The molecule has 0 amide bonds. The van der Waals surface area contributed by atoms with Crippen LogP contribution in [0.25, 0.3) is 0 Å². The predicted octanol–water partition coefficient (Wildman–Crippen LogP) is 6.96. The third kappa shape index (κ3) is 8.18. The molecule has 8 unspecified atom stereocenters. The summed E-state index contributed by atoms with van der Waals surface area (Å²) in [5, 5.41) is 44.0. The molecule has 0 aliphatic heterocycles. The molecule has 0 aromatic carbocycles. The van der Waals surface area contributed by atoms with Gasteiger partial charge in [-0.1, -0.05) is 101 Å². The van der Waals surface area contributed by atoms with E-state index in [1.807, 2.05) is 27.7 Å². The highest BCUT2D eigenvalue weighted by Gasteiger charge is 2.70. The largest absolute Gasteiger partial charge is 0.481 e. The molecule has 0 aromatic rings. The lowest BCUT2D eigenvalue weighted by Gasteiger charge is -2.52. The van der Waals surface area contributed by atoms with Gasteiger partial charge >= 0.3 is 17.9 Å². The number of carbonyl (C=O) groups is 3. The molecule has 0 saturated carbocycles. The van der Waals surface area contributed by atoms with E-state index in [1.54, 1.807) is 20.8 Å². The summed E-state index contributed by atoms with van der Waals surface area (Å²) in [6.07, 6.45) is 5.85. The molecule has 0 saturated heterocycles. The van der Waals surface area contributed by atoms with Crippen molar-refractivity contribution in [1.29, 1.82) is 0 Å². The molecular formula is C30H56O7. The molecule has 7 nitrogen and oxygen atoms in total. The summed E-state index contributed by atoms with van der Waals surface area (Å²) in [5.74, 6) is -7.74. The highest BCUT2D eigenvalue weighted by atomic mass is 16.4. The summed E-state index contributed by atoms with van der Waals surface area (Å²) in [7, 11) is 0. The molecule has 0 aromatic heterocycles. The minimum atomic E-state index is -2.98. The van der Waals surface area contributed by atoms with Gasteiger partial charge in [-0.25, -0.2) is 4.79 Å². The number of rotatable bonds is 20. The first-order valence-electron chi connectivity index (χ1n) is 14.5. The van der Waals surface area contributed by atoms with E-state index in [9.17, 15) is 34.8 Å². The van der Waals surface area contributed by atoms with E-state index in [4.69, 9.17) is 0 Å². The quantitative estimate of drug-likeness (QED) is 0.134. The van der Waals surface area contributed by atoms with Crippen molar-refractivity contribution >= 4 is 17.9 Å². The first kappa shape index (κ1) is 35.4. The fourth-order valence-corrected chi connectivity index (χ4v) is 6.07. The van der Waals surface area contributed by atoms with Crippen LogP contribution in [-0.2, 0) is 14.4 Å². The van der Waals surface area contributed by atoms with Crippen LogP contribution < -0.4 is 0 Å². The lowest BCUT2D eigenvalue weighted by Crippen LogP contribution is -2.69. The summed E-state index contributed by atoms with van der Waals surface area (Å²) >= 11 is 0. The number of hydrogen-bond donors (Lipinski definition) is 4. The van der Waals surface area contributed by atoms with Gasteiger partial charge in [0.1, 0.15) is 5.41 Å². The van der Waals surface area contributed by atoms with Crippen LogP contribution in [0.4, 0.5) is 0 Å². The average molecular weight is 529 g/mol. The molecule has 218 valence electrons. The van der Waals surface area contributed by atoms with E-state index in [-0.39, 0.29) is 0 Å². The van der Waals surface area contributed by atoms with Crippen LogP contribution in [0.1, 0.15) is 120 Å². The van der Waals surface area contributed by atoms with Gasteiger partial charge in [-0.2, -0.15) is 0 Å². The Balaban J connectivity index is 7.08. The van der Waals surface area contributed by atoms with Crippen LogP contribution >= 0.6 is 0 Å². The van der Waals surface area contributed by atoms with Crippen molar-refractivity contribution in [2.24, 2.45) is 46.8 Å². The molecule has 4 N–H and O–H groups in total. The maximum atomic E-state index is 13.3. The van der Waals surface area contributed by atoms with Crippen LogP contribution in [0.15, 0.2) is 0 Å². The number of aliphatic carboxylic acids is 3. The minimum absolute atomic E-state index is 0.298. The first-order valence-corrected chi connectivity index (χ1v) is 14.5. The zero-order chi connectivity index (χ0) is 29.1. The SMILES string of the molecule is CCC(C)CCC(C)C(C(=O)O)C(O)(C(=O)O)C(C(=O)O)(C(C)CCC(C)CC)C(C)CCC(C)CC. The molecular weight excluding hydrogens is 472 g/mol. The summed E-state index contributed by atoms with van der Waals surface area (Å²) in [4.78, 5) is 39.1. The lowest BCUT2D eigenvalue weighted by molar-refractivity contribution is -0.226. The molecule has 0 aliphatic rings. The topological polar surface area (TPSA) is 132 Å². The molecule has 0 fully saturated rings. The Labute approximate surface area is 225 Å². The zero-order valence-corrected chi connectivity index (χ0v) is 24.9. The molecule has 0 radical (unpaired) electrons. The Hall–Kier alpha value is -1.63. The second-order valence-electron chi connectivity index (χ2n) is 12.1. The predicted molar refractivity (Wildman–Crippen MR) is 147 cm³/mol. The number of hydrogen-bond acceptors (Lipinski definition) is 4. The molecule has 7 heteroatoms. The van der Waals surface area contributed by atoms with E-state index in [0.29, 0.717) is 56.3 Å². The average Bonchev–Trinajstić information content (AvgIpc) is 2.83. The molecule has 37 heavy (non-hydrogen) atoms. The lowest BCUT2D eigenvalue weighted by atomic mass is 9.51. The van der Waals surface area contributed by atoms with Crippen LogP contribution in [0.2, 0.25) is 0 Å². The number of aliphatic hydroxyl groups is 1. The van der Waals surface area contributed by atoms with E-state index < -0.39 is 52.6 Å². The standard InChI is InChI=1S/C30H56O7/c1-10-19(4)13-16-22(7)25(26(31)32)30(37,28(35)36)29(27(33)34,23(8)17-14-20(5)11-2)24(9)18-15-21(6)12-3/h19-25,37H,10-18H2,1-9H3,(H,31,32)(H,33,34)(H,35,36). The van der Waals surface area contributed by atoms with Gasteiger partial charge in [0, 0.05) is 0 Å². The van der Waals surface area contributed by atoms with Crippen molar-refractivity contribution in [3.05, 3.63) is 0 Å². The minimum Gasteiger partial charge on any atom is -0.481 e. The Kier molecular flexibility index (Phi) is 15.0. The Bertz CT molecular complexity index is 701. The van der Waals surface area contributed by atoms with Crippen molar-refractivity contribution in [3.8, 4) is 0 Å². The van der Waals surface area contributed by atoms with Gasteiger partial charge in [0.15, 0.2) is 5.60 Å². The van der Waals surface area contributed by atoms with E-state index in [0.717, 1.165) is 19.3 Å². The third-order valence-corrected chi connectivity index (χ3v) is 9.54. The van der Waals surface area contributed by atoms with Gasteiger partial charge in [-0.15, -0.1) is 0 Å². The zero-order valence-electron chi connectivity index (χ0n) is 24.9. The smallest absolute Gasteiger partial charge is 0.337 e. The van der Waals surface area contributed by atoms with Crippen LogP contribution in [-0.4, -0.2) is 43.9 Å². The van der Waals surface area contributed by atoms with Crippen molar-refractivity contribution < 1.29 is 34.8 Å². The van der Waals surface area contributed by atoms with Gasteiger partial charge in [0.05, 0.1) is 5.92 Å². The van der Waals surface area contributed by atoms with E-state index in [1.165, 1.54) is 0 Å². The fourth-order valence-electron chi connectivity index (χ4n) is 6.07. The van der Waals surface area contributed by atoms with Crippen LogP contribution in [0.5, 0.6) is 0 Å². The number of carboxylic acids is 3. The Morgan fingerprint density at radius 3 is 1.22 bits per heavy atom. The van der Waals surface area contributed by atoms with Gasteiger partial charge in [0.25, 0.3) is 0 Å². The fraction of sp³-hybridized carbons (Fsp3) is 0.900. The van der Waals surface area contributed by atoms with Crippen molar-refractivity contribution in [1.82, 2.24) is 0 Å². The van der Waals surface area contributed by atoms with E-state index in [2.05, 4.69) is 13.8 Å². The molecule has 0 rings (SSSR count). The third-order valence-electron chi connectivity index (χ3n) is 9.54. The van der Waals surface area contributed by atoms with Gasteiger partial charge in [0.2, 0.25) is 0 Å². The van der Waals surface area contributed by atoms with Crippen molar-refractivity contribution in [2.75, 3.05) is 0 Å². The van der Waals surface area contributed by atoms with Crippen molar-refractivity contribution in [3.63, 3.8) is 0 Å². The molecule has 0 spiro atoms. The van der Waals surface area contributed by atoms with Gasteiger partial charge < -0.3 is 20.4 Å². The van der Waals surface area contributed by atoms with Crippen molar-refractivity contribution in [2.45, 2.75) is 126 Å². The summed E-state index contributed by atoms with van der Waals surface area (Å²) < 4.78 is 0. The Morgan fingerprint density at radius 2 is 0.946 bits per heavy atom. The van der Waals surface area contributed by atoms with Gasteiger partial charge in [-0.05, 0) is 54.8 Å². The maximum absolute atomic E-state index is 13.3. The highest BCUT2D eigenvalue weighted by molar-refractivity contribution is 5.94. The molecule has 0 bridgehead atoms. The summed E-state index contributed by atoms with van der Waals surface area (Å²) in [6, 6.07) is 0. The summed E-state index contributed by atoms with van der Waals surface area (Å²) in [6.45, 7) is 17.3. The Morgan fingerprint density at radius 1 is 0.595 bits per heavy atom. The molecule has 0 aliphatic carbocycles. The van der Waals surface area contributed by atoms with Gasteiger partial charge in [-0.3, -0.25) is 9.59 Å². The molecule has 8 atom stereocenters. The first-order chi connectivity index (χ1) is 17.1. The van der Waals surface area contributed by atoms with E-state index >= 15 is 0 Å². The maximum Gasteiger partial charge on any atom is 0.337 e. The number of carboxylic acid groups (broad SMARTS) is 3. The monoisotopic (exact) mass is 528 g/mol. The van der Waals surface area contributed by atoms with Crippen LogP contribution in [0, 0.1) is 46.8 Å². The molecule has 0 heterocycles.